The van der Waals surface area contributed by atoms with Gasteiger partial charge in [0.15, 0.2) is 5.76 Å². The van der Waals surface area contributed by atoms with Gasteiger partial charge in [0.1, 0.15) is 5.56 Å². The Morgan fingerprint density at radius 3 is 2.84 bits per heavy atom. The van der Waals surface area contributed by atoms with Crippen molar-refractivity contribution in [3.63, 3.8) is 0 Å². The Hall–Kier alpha value is -1.36. The summed E-state index contributed by atoms with van der Waals surface area (Å²) < 4.78 is 4.98. The Morgan fingerprint density at radius 1 is 1.47 bits per heavy atom. The lowest BCUT2D eigenvalue weighted by Gasteiger charge is -2.28. The van der Waals surface area contributed by atoms with Gasteiger partial charge in [-0.2, -0.15) is 0 Å². The molecule has 5 heteroatoms. The molecule has 0 aliphatic heterocycles. The van der Waals surface area contributed by atoms with Crippen LogP contribution in [0, 0.1) is 5.92 Å². The summed E-state index contributed by atoms with van der Waals surface area (Å²) in [4.78, 5) is 10.9. The number of nitrogens with one attached hydrogen (secondary N) is 1. The standard InChI is InChI=1S/C14H22N2O3/c1-2-3-10-4-6-11(7-5-10)15-9-13-12(14(17)18)8-16-19-13/h8,10-11,15H,2-7,9H2,1H3,(H,17,18). The highest BCUT2D eigenvalue weighted by Gasteiger charge is 2.21. The van der Waals surface area contributed by atoms with Crippen LogP contribution >= 0.6 is 0 Å². The van der Waals surface area contributed by atoms with E-state index in [9.17, 15) is 4.79 Å². The Balaban J connectivity index is 1.77. The summed E-state index contributed by atoms with van der Waals surface area (Å²) in [5.74, 6) is 0.316. The van der Waals surface area contributed by atoms with Gasteiger partial charge >= 0.3 is 5.97 Å². The van der Waals surface area contributed by atoms with Crippen LogP contribution in [-0.4, -0.2) is 22.3 Å². The van der Waals surface area contributed by atoms with Gasteiger partial charge in [-0.1, -0.05) is 24.9 Å². The molecule has 0 spiro atoms. The first-order valence-corrected chi connectivity index (χ1v) is 7.11. The molecule has 106 valence electrons. The fourth-order valence-corrected chi connectivity index (χ4v) is 2.87. The molecule has 1 saturated carbocycles. The molecule has 0 unspecified atom stereocenters. The third-order valence-electron chi connectivity index (χ3n) is 3.97. The van der Waals surface area contributed by atoms with E-state index in [0.717, 1.165) is 5.92 Å². The molecule has 19 heavy (non-hydrogen) atoms. The quantitative estimate of drug-likeness (QED) is 0.828. The number of carboxylic acids is 1. The number of aromatic carboxylic acids is 1. The van der Waals surface area contributed by atoms with Crippen LogP contribution < -0.4 is 5.32 Å². The molecular weight excluding hydrogens is 244 g/mol. The maximum absolute atomic E-state index is 10.9. The van der Waals surface area contributed by atoms with Gasteiger partial charge in [-0.05, 0) is 31.6 Å². The van der Waals surface area contributed by atoms with E-state index in [1.54, 1.807) is 0 Å². The topological polar surface area (TPSA) is 75.4 Å². The van der Waals surface area contributed by atoms with Gasteiger partial charge in [0.25, 0.3) is 0 Å². The molecule has 0 amide bonds. The van der Waals surface area contributed by atoms with Crippen LogP contribution in [0.15, 0.2) is 10.7 Å². The lowest BCUT2D eigenvalue weighted by molar-refractivity contribution is 0.0694. The van der Waals surface area contributed by atoms with Crippen molar-refractivity contribution in [2.75, 3.05) is 0 Å². The lowest BCUT2D eigenvalue weighted by atomic mass is 9.83. The monoisotopic (exact) mass is 266 g/mol. The molecule has 1 aromatic rings. The SMILES string of the molecule is CCCC1CCC(NCc2oncc2C(=O)O)CC1. The average Bonchev–Trinajstić information content (AvgIpc) is 2.87. The number of nitrogens with zero attached hydrogens (tertiary/aromatic N) is 1. The minimum atomic E-state index is -0.982. The molecule has 2 N–H and O–H groups in total. The molecule has 2 rings (SSSR count). The average molecular weight is 266 g/mol. The molecule has 0 radical (unpaired) electrons. The Kier molecular flexibility index (Phi) is 4.96. The smallest absolute Gasteiger partial charge is 0.341 e. The largest absolute Gasteiger partial charge is 0.478 e. The van der Waals surface area contributed by atoms with E-state index >= 15 is 0 Å². The third kappa shape index (κ3) is 3.80. The molecule has 1 aliphatic carbocycles. The molecule has 0 bridgehead atoms. The third-order valence-corrected chi connectivity index (χ3v) is 3.97. The van der Waals surface area contributed by atoms with Gasteiger partial charge in [-0.25, -0.2) is 4.79 Å². The zero-order valence-corrected chi connectivity index (χ0v) is 11.4. The molecule has 1 heterocycles. The van der Waals surface area contributed by atoms with Crippen molar-refractivity contribution < 1.29 is 14.4 Å². The van der Waals surface area contributed by atoms with Gasteiger partial charge in [-0.15, -0.1) is 0 Å². The van der Waals surface area contributed by atoms with Crippen LogP contribution in [0.4, 0.5) is 0 Å². The van der Waals surface area contributed by atoms with Crippen LogP contribution in [0.5, 0.6) is 0 Å². The highest BCUT2D eigenvalue weighted by molar-refractivity contribution is 5.88. The second kappa shape index (κ2) is 6.70. The minimum absolute atomic E-state index is 0.159. The minimum Gasteiger partial charge on any atom is -0.478 e. The van der Waals surface area contributed by atoms with Crippen molar-refractivity contribution in [3.8, 4) is 0 Å². The first-order valence-electron chi connectivity index (χ1n) is 7.11. The van der Waals surface area contributed by atoms with Crippen molar-refractivity contribution in [3.05, 3.63) is 17.5 Å². The Labute approximate surface area is 113 Å². The van der Waals surface area contributed by atoms with E-state index in [2.05, 4.69) is 17.4 Å². The van der Waals surface area contributed by atoms with E-state index in [1.807, 2.05) is 0 Å². The summed E-state index contributed by atoms with van der Waals surface area (Å²) in [5.41, 5.74) is 0.159. The van der Waals surface area contributed by atoms with Crippen LogP contribution in [0.25, 0.3) is 0 Å². The van der Waals surface area contributed by atoms with Crippen molar-refractivity contribution >= 4 is 5.97 Å². The van der Waals surface area contributed by atoms with Gasteiger partial charge in [-0.3, -0.25) is 0 Å². The molecule has 0 saturated heterocycles. The molecule has 5 nitrogen and oxygen atoms in total. The van der Waals surface area contributed by atoms with Crippen LogP contribution in [-0.2, 0) is 6.54 Å². The van der Waals surface area contributed by atoms with E-state index < -0.39 is 5.97 Å². The highest BCUT2D eigenvalue weighted by atomic mass is 16.5. The molecule has 0 atom stereocenters. The normalized spacial score (nSPS) is 23.4. The van der Waals surface area contributed by atoms with Gasteiger partial charge < -0.3 is 14.9 Å². The second-order valence-electron chi connectivity index (χ2n) is 5.36. The van der Waals surface area contributed by atoms with E-state index in [4.69, 9.17) is 9.63 Å². The van der Waals surface area contributed by atoms with E-state index in [1.165, 1.54) is 44.7 Å². The zero-order valence-electron chi connectivity index (χ0n) is 11.4. The van der Waals surface area contributed by atoms with Gasteiger partial charge in [0.2, 0.25) is 0 Å². The summed E-state index contributed by atoms with van der Waals surface area (Å²) in [6.45, 7) is 2.69. The number of aromatic nitrogens is 1. The lowest BCUT2D eigenvalue weighted by Crippen LogP contribution is -2.33. The molecular formula is C14H22N2O3. The Bertz CT molecular complexity index is 409. The van der Waals surface area contributed by atoms with Crippen LogP contribution in [0.1, 0.15) is 61.6 Å². The second-order valence-corrected chi connectivity index (χ2v) is 5.36. The summed E-state index contributed by atoms with van der Waals surface area (Å²) >= 11 is 0. The van der Waals surface area contributed by atoms with Crippen LogP contribution in [0.3, 0.4) is 0 Å². The maximum atomic E-state index is 10.9. The molecule has 0 aromatic carbocycles. The molecule has 1 aromatic heterocycles. The van der Waals surface area contributed by atoms with E-state index in [0.29, 0.717) is 18.3 Å². The number of carboxylic acid groups (broad SMARTS) is 1. The first kappa shape index (κ1) is 14.1. The molecule has 1 fully saturated rings. The van der Waals surface area contributed by atoms with Crippen LogP contribution in [0.2, 0.25) is 0 Å². The Morgan fingerprint density at radius 2 is 2.21 bits per heavy atom. The summed E-state index contributed by atoms with van der Waals surface area (Å²) in [6, 6.07) is 0.472. The van der Waals surface area contributed by atoms with E-state index in [-0.39, 0.29) is 5.56 Å². The zero-order chi connectivity index (χ0) is 13.7. The maximum Gasteiger partial charge on any atom is 0.341 e. The number of carbonyl (C=O) groups is 1. The highest BCUT2D eigenvalue weighted by Crippen LogP contribution is 2.27. The number of rotatable bonds is 6. The fraction of sp³-hybridized carbons (Fsp3) is 0.714. The van der Waals surface area contributed by atoms with Gasteiger partial charge in [0.05, 0.1) is 12.7 Å². The van der Waals surface area contributed by atoms with Gasteiger partial charge in [0, 0.05) is 6.04 Å². The fourth-order valence-electron chi connectivity index (χ4n) is 2.87. The first-order chi connectivity index (χ1) is 9.20. The van der Waals surface area contributed by atoms with Crippen molar-refractivity contribution in [2.45, 2.75) is 58.0 Å². The van der Waals surface area contributed by atoms with Crippen molar-refractivity contribution in [2.24, 2.45) is 5.92 Å². The summed E-state index contributed by atoms with van der Waals surface area (Å²) in [7, 11) is 0. The summed E-state index contributed by atoms with van der Waals surface area (Å²) in [6.07, 6.45) is 8.74. The van der Waals surface area contributed by atoms with Crippen molar-refractivity contribution in [1.82, 2.24) is 10.5 Å². The van der Waals surface area contributed by atoms with Crippen molar-refractivity contribution in [1.29, 1.82) is 0 Å². The summed E-state index contributed by atoms with van der Waals surface area (Å²) in [5, 5.41) is 15.9. The predicted molar refractivity (Wildman–Crippen MR) is 71.0 cm³/mol. The molecule has 1 aliphatic rings. The number of hydrogen-bond donors (Lipinski definition) is 2. The number of hydrogen-bond acceptors (Lipinski definition) is 4. The predicted octanol–water partition coefficient (Wildman–Crippen LogP) is 2.82.